The molecule has 0 radical (unpaired) electrons. The molecule has 0 bridgehead atoms. The summed E-state index contributed by atoms with van der Waals surface area (Å²) in [5.74, 6) is -0.488. The molecule has 1 saturated heterocycles. The Morgan fingerprint density at radius 1 is 1.06 bits per heavy atom. The number of benzene rings is 2. The molecule has 1 amide bonds. The van der Waals surface area contributed by atoms with Crippen LogP contribution in [0, 0.1) is 6.92 Å². The summed E-state index contributed by atoms with van der Waals surface area (Å²) in [4.78, 5) is 20.8. The minimum absolute atomic E-state index is 0.386. The third-order valence-corrected chi connectivity index (χ3v) is 5.92. The van der Waals surface area contributed by atoms with E-state index in [4.69, 9.17) is 0 Å². The lowest BCUT2D eigenvalue weighted by molar-refractivity contribution is 0.0992. The number of carbonyl (C=O) groups excluding carboxylic acids is 1. The van der Waals surface area contributed by atoms with E-state index in [0.29, 0.717) is 16.9 Å². The van der Waals surface area contributed by atoms with E-state index in [0.717, 1.165) is 56.7 Å². The van der Waals surface area contributed by atoms with E-state index >= 15 is 0 Å². The second kappa shape index (κ2) is 10.6. The average Bonchev–Trinajstić information content (AvgIpc) is 2.76. The van der Waals surface area contributed by atoms with Crippen molar-refractivity contribution in [2.45, 2.75) is 20.4 Å². The molecule has 1 aliphatic heterocycles. The van der Waals surface area contributed by atoms with E-state index in [1.54, 1.807) is 31.2 Å². The molecule has 170 valence electrons. The van der Waals surface area contributed by atoms with Crippen LogP contribution in [0.5, 0.6) is 0 Å². The number of piperazine rings is 1. The molecule has 2 aromatic carbocycles. The largest absolute Gasteiger partial charge is 0.360 e. The van der Waals surface area contributed by atoms with Gasteiger partial charge in [0.1, 0.15) is 0 Å². The van der Waals surface area contributed by atoms with Crippen molar-refractivity contribution in [3.05, 3.63) is 59.2 Å². The summed E-state index contributed by atoms with van der Waals surface area (Å²) >= 11 is 0. The van der Waals surface area contributed by atoms with Crippen molar-refractivity contribution in [2.24, 2.45) is 10.2 Å². The van der Waals surface area contributed by atoms with Crippen molar-refractivity contribution < 1.29 is 13.2 Å². The van der Waals surface area contributed by atoms with Gasteiger partial charge in [0.25, 0.3) is 0 Å². The zero-order valence-corrected chi connectivity index (χ0v) is 19.5. The van der Waals surface area contributed by atoms with E-state index in [1.165, 1.54) is 6.07 Å². The van der Waals surface area contributed by atoms with Gasteiger partial charge in [0, 0.05) is 38.3 Å². The summed E-state index contributed by atoms with van der Waals surface area (Å²) in [5, 5.41) is 7.55. The van der Waals surface area contributed by atoms with Gasteiger partial charge in [-0.05, 0) is 48.9 Å². The van der Waals surface area contributed by atoms with Gasteiger partial charge in [-0.3, -0.25) is 14.4 Å². The van der Waals surface area contributed by atoms with Crippen molar-refractivity contribution in [2.75, 3.05) is 43.7 Å². The Morgan fingerprint density at radius 2 is 1.72 bits per heavy atom. The number of sulfonamides is 1. The summed E-state index contributed by atoms with van der Waals surface area (Å²) in [6.45, 7) is 10.2. The second-order valence-electron chi connectivity index (χ2n) is 7.88. The Hall–Kier alpha value is -2.91. The van der Waals surface area contributed by atoms with E-state index in [9.17, 15) is 13.2 Å². The SMILES string of the molecule is CCN1CCN(Cc2ccc(C(=O)N=[N+]=Nc3ccc(C)c(NS(C)(=O)=O)c3)cc2)CC1. The molecule has 9 nitrogen and oxygen atoms in total. The van der Waals surface area contributed by atoms with Gasteiger partial charge in [0.2, 0.25) is 20.0 Å². The van der Waals surface area contributed by atoms with Crippen molar-refractivity contribution in [3.63, 3.8) is 0 Å². The minimum Gasteiger partial charge on any atom is -0.301 e. The molecule has 3 rings (SSSR count). The van der Waals surface area contributed by atoms with Crippen LogP contribution in [0.2, 0.25) is 0 Å². The van der Waals surface area contributed by atoms with Gasteiger partial charge in [0.05, 0.1) is 11.9 Å². The van der Waals surface area contributed by atoms with Crippen LogP contribution in [0.15, 0.2) is 52.7 Å². The normalized spacial score (nSPS) is 15.1. The first-order valence-corrected chi connectivity index (χ1v) is 12.4. The summed E-state index contributed by atoms with van der Waals surface area (Å²) in [6, 6.07) is 12.3. The molecular weight excluding hydrogens is 428 g/mol. The molecule has 1 aliphatic rings. The third kappa shape index (κ3) is 7.06. The summed E-state index contributed by atoms with van der Waals surface area (Å²) in [5.41, 5.74) is 3.12. The number of hydrogen-bond donors (Lipinski definition) is 1. The topological polar surface area (TPSA) is 109 Å². The van der Waals surface area contributed by atoms with Crippen molar-refractivity contribution in [1.82, 2.24) is 14.7 Å². The third-order valence-electron chi connectivity index (χ3n) is 5.33. The van der Waals surface area contributed by atoms with E-state index in [1.807, 2.05) is 12.1 Å². The lowest BCUT2D eigenvalue weighted by Crippen LogP contribution is -2.45. The molecule has 0 unspecified atom stereocenters. The van der Waals surface area contributed by atoms with Crippen molar-refractivity contribution >= 4 is 27.3 Å². The molecule has 10 heteroatoms. The maximum atomic E-state index is 12.3. The lowest BCUT2D eigenvalue weighted by atomic mass is 10.1. The highest BCUT2D eigenvalue weighted by molar-refractivity contribution is 7.92. The van der Waals surface area contributed by atoms with Crippen LogP contribution < -0.4 is 9.63 Å². The molecule has 32 heavy (non-hydrogen) atoms. The fraction of sp³-hybridized carbons (Fsp3) is 0.409. The van der Waals surface area contributed by atoms with E-state index in [-0.39, 0.29) is 0 Å². The Morgan fingerprint density at radius 3 is 2.34 bits per heavy atom. The zero-order valence-electron chi connectivity index (χ0n) is 18.7. The summed E-state index contributed by atoms with van der Waals surface area (Å²) in [6.07, 6.45) is 1.08. The maximum Gasteiger partial charge on any atom is 0.360 e. The second-order valence-corrected chi connectivity index (χ2v) is 9.62. The highest BCUT2D eigenvalue weighted by Crippen LogP contribution is 2.22. The van der Waals surface area contributed by atoms with Crippen LogP contribution in [0.1, 0.15) is 28.4 Å². The van der Waals surface area contributed by atoms with Gasteiger partial charge in [0.15, 0.2) is 10.8 Å². The zero-order chi connectivity index (χ0) is 23.1. The lowest BCUT2D eigenvalue weighted by Gasteiger charge is -2.34. The van der Waals surface area contributed by atoms with E-state index < -0.39 is 15.9 Å². The van der Waals surface area contributed by atoms with Gasteiger partial charge in [-0.25, -0.2) is 8.42 Å². The molecule has 0 aromatic heterocycles. The predicted molar refractivity (Wildman–Crippen MR) is 124 cm³/mol. The van der Waals surface area contributed by atoms with Gasteiger partial charge in [-0.1, -0.05) is 25.1 Å². The van der Waals surface area contributed by atoms with Crippen LogP contribution in [-0.4, -0.2) is 63.1 Å². The molecule has 0 saturated carbocycles. The molecular formula is C22H29N6O3S+. The highest BCUT2D eigenvalue weighted by Gasteiger charge is 2.16. The van der Waals surface area contributed by atoms with Crippen molar-refractivity contribution in [1.29, 1.82) is 0 Å². The number of anilines is 1. The van der Waals surface area contributed by atoms with Gasteiger partial charge in [-0.15, -0.1) is 0 Å². The molecule has 1 heterocycles. The number of nitrogens with zero attached hydrogens (tertiary/aromatic N) is 5. The molecule has 1 N–H and O–H groups in total. The van der Waals surface area contributed by atoms with Crippen LogP contribution in [0.3, 0.4) is 0 Å². The van der Waals surface area contributed by atoms with Gasteiger partial charge in [-0.2, -0.15) is 0 Å². The first kappa shape index (κ1) is 23.7. The predicted octanol–water partition coefficient (Wildman–Crippen LogP) is 2.95. The minimum atomic E-state index is -3.41. The monoisotopic (exact) mass is 457 g/mol. The first-order valence-electron chi connectivity index (χ1n) is 10.5. The van der Waals surface area contributed by atoms with Gasteiger partial charge >= 0.3 is 5.91 Å². The number of aryl methyl sites for hydroxylation is 1. The molecule has 2 aromatic rings. The number of amides is 1. The molecule has 0 spiro atoms. The highest BCUT2D eigenvalue weighted by atomic mass is 32.2. The standard InChI is InChI=1S/C22H29N6O3S/c1-4-27-11-13-28(14-12-27)16-18-6-8-19(9-7-18)22(29)24-26-23-20-10-5-17(2)21(15-20)25-32(3,30)31/h5-10,15,25H,4,11-14,16H2,1-3H3/q+1. The number of likely N-dealkylation sites (N-methyl/N-ethyl adjacent to an activating group) is 1. The van der Waals surface area contributed by atoms with Crippen LogP contribution in [0.25, 0.3) is 0 Å². The summed E-state index contributed by atoms with van der Waals surface area (Å²) < 4.78 is 25.3. The molecule has 0 atom stereocenters. The van der Waals surface area contributed by atoms with E-state index in [2.05, 4.69) is 36.6 Å². The fourth-order valence-corrected chi connectivity index (χ4v) is 4.05. The Bertz CT molecular complexity index is 1120. The van der Waals surface area contributed by atoms with Crippen LogP contribution in [0.4, 0.5) is 11.4 Å². The number of nitrogens with one attached hydrogen (secondary N) is 1. The van der Waals surface area contributed by atoms with Crippen LogP contribution in [-0.2, 0) is 16.6 Å². The fourth-order valence-electron chi connectivity index (χ4n) is 3.43. The maximum absolute atomic E-state index is 12.3. The Kier molecular flexibility index (Phi) is 7.87. The van der Waals surface area contributed by atoms with Gasteiger partial charge < -0.3 is 4.90 Å². The Balaban J connectivity index is 1.61. The number of hydrogen-bond acceptors (Lipinski definition) is 6. The molecule has 0 aliphatic carbocycles. The van der Waals surface area contributed by atoms with Crippen LogP contribution >= 0.6 is 0 Å². The smallest absolute Gasteiger partial charge is 0.301 e. The average molecular weight is 458 g/mol. The quantitative estimate of drug-likeness (QED) is 0.508. The first-order chi connectivity index (χ1) is 15.2. The summed E-state index contributed by atoms with van der Waals surface area (Å²) in [7, 11) is -3.41. The number of carbonyl (C=O) groups is 1. The molecule has 1 fully saturated rings. The van der Waals surface area contributed by atoms with Crippen molar-refractivity contribution in [3.8, 4) is 0 Å². The Labute approximate surface area is 188 Å². The number of rotatable bonds is 7.